The fraction of sp³-hybridized carbons (Fsp3) is 0.412. The van der Waals surface area contributed by atoms with Crippen LogP contribution >= 0.6 is 0 Å². The minimum atomic E-state index is -0.243. The van der Waals surface area contributed by atoms with Gasteiger partial charge in [-0.05, 0) is 74.9 Å². The van der Waals surface area contributed by atoms with Crippen molar-refractivity contribution in [1.82, 2.24) is 9.97 Å². The van der Waals surface area contributed by atoms with Gasteiger partial charge in [-0.25, -0.2) is 14.4 Å². The number of benzene rings is 1. The molecule has 0 bridgehead atoms. The molecule has 1 aliphatic rings. The summed E-state index contributed by atoms with van der Waals surface area (Å²) in [7, 11) is 0. The Kier molecular flexibility index (Phi) is 3.72. The quantitative estimate of drug-likeness (QED) is 0.923. The summed E-state index contributed by atoms with van der Waals surface area (Å²) >= 11 is 0. The highest BCUT2D eigenvalue weighted by Gasteiger charge is 2.22. The molecule has 1 heterocycles. The molecule has 0 spiro atoms. The van der Waals surface area contributed by atoms with Crippen LogP contribution in [0.5, 0.6) is 0 Å². The van der Waals surface area contributed by atoms with Crippen LogP contribution in [0.2, 0.25) is 0 Å². The highest BCUT2D eigenvalue weighted by Crippen LogP contribution is 2.28. The summed E-state index contributed by atoms with van der Waals surface area (Å²) in [5, 5.41) is 0. The number of nitrogens with two attached hydrogens (primary N) is 1. The van der Waals surface area contributed by atoms with Crippen LogP contribution in [0.1, 0.15) is 28.9 Å². The summed E-state index contributed by atoms with van der Waals surface area (Å²) in [5.74, 6) is 0.911. The third-order valence-corrected chi connectivity index (χ3v) is 4.22. The average Bonchev–Trinajstić information content (AvgIpc) is 2.46. The van der Waals surface area contributed by atoms with Crippen molar-refractivity contribution < 1.29 is 4.39 Å². The van der Waals surface area contributed by atoms with Gasteiger partial charge in [0.25, 0.3) is 0 Å². The van der Waals surface area contributed by atoms with Gasteiger partial charge in [0, 0.05) is 17.0 Å². The van der Waals surface area contributed by atoms with Crippen LogP contribution < -0.4 is 5.73 Å². The Labute approximate surface area is 124 Å². The zero-order valence-electron chi connectivity index (χ0n) is 12.5. The molecule has 2 N–H and O–H groups in total. The third kappa shape index (κ3) is 2.81. The van der Waals surface area contributed by atoms with E-state index >= 15 is 0 Å². The Hall–Kier alpha value is -1.81. The lowest BCUT2D eigenvalue weighted by molar-refractivity contribution is 0.460. The van der Waals surface area contributed by atoms with Gasteiger partial charge in [0.2, 0.25) is 0 Å². The van der Waals surface area contributed by atoms with Gasteiger partial charge in [0.15, 0.2) is 5.82 Å². The number of hydrogen-bond acceptors (Lipinski definition) is 3. The van der Waals surface area contributed by atoms with E-state index in [-0.39, 0.29) is 5.82 Å². The maximum absolute atomic E-state index is 13.6. The molecule has 2 aromatic rings. The second-order valence-corrected chi connectivity index (χ2v) is 5.92. The van der Waals surface area contributed by atoms with E-state index in [0.717, 1.165) is 41.8 Å². The van der Waals surface area contributed by atoms with Gasteiger partial charge >= 0.3 is 0 Å². The first-order valence-corrected chi connectivity index (χ1v) is 7.41. The average molecular weight is 285 g/mol. The summed E-state index contributed by atoms with van der Waals surface area (Å²) in [6.45, 7) is 4.60. The van der Waals surface area contributed by atoms with Gasteiger partial charge in [-0.15, -0.1) is 0 Å². The van der Waals surface area contributed by atoms with Crippen LogP contribution in [0.4, 0.5) is 4.39 Å². The summed E-state index contributed by atoms with van der Waals surface area (Å²) < 4.78 is 13.6. The van der Waals surface area contributed by atoms with E-state index < -0.39 is 0 Å². The number of fused-ring (bicyclic) bond motifs is 1. The Balaban J connectivity index is 2.04. The molecule has 3 nitrogen and oxygen atoms in total. The summed E-state index contributed by atoms with van der Waals surface area (Å²) in [5.41, 5.74) is 10.7. The lowest BCUT2D eigenvalue weighted by Gasteiger charge is -2.24. The van der Waals surface area contributed by atoms with Crippen molar-refractivity contribution >= 4 is 0 Å². The summed E-state index contributed by atoms with van der Waals surface area (Å²) in [4.78, 5) is 9.27. The lowest BCUT2D eigenvalue weighted by atomic mass is 9.86. The molecule has 21 heavy (non-hydrogen) atoms. The first-order chi connectivity index (χ1) is 10.1. The van der Waals surface area contributed by atoms with E-state index in [0.29, 0.717) is 18.3 Å². The van der Waals surface area contributed by atoms with Crippen molar-refractivity contribution in [3.8, 4) is 11.4 Å². The topological polar surface area (TPSA) is 51.8 Å². The predicted molar refractivity (Wildman–Crippen MR) is 81.5 cm³/mol. The number of nitrogens with zero attached hydrogens (tertiary/aromatic N) is 2. The number of rotatable bonds is 2. The molecule has 0 fully saturated rings. The molecule has 0 amide bonds. The molecular weight excluding hydrogens is 265 g/mol. The first-order valence-electron chi connectivity index (χ1n) is 7.41. The Morgan fingerprint density at radius 2 is 2.05 bits per heavy atom. The molecule has 1 atom stereocenters. The molecule has 0 radical (unpaired) electrons. The molecule has 0 saturated heterocycles. The highest BCUT2D eigenvalue weighted by atomic mass is 19.1. The fourth-order valence-electron chi connectivity index (χ4n) is 3.06. The Bertz CT molecular complexity index is 662. The zero-order chi connectivity index (χ0) is 15.0. The lowest BCUT2D eigenvalue weighted by Crippen LogP contribution is -2.24. The van der Waals surface area contributed by atoms with Crippen molar-refractivity contribution in [2.45, 2.75) is 33.1 Å². The van der Waals surface area contributed by atoms with Crippen molar-refractivity contribution in [3.63, 3.8) is 0 Å². The maximum atomic E-state index is 13.6. The summed E-state index contributed by atoms with van der Waals surface area (Å²) in [6.07, 6.45) is 2.96. The van der Waals surface area contributed by atoms with Crippen LogP contribution in [-0.2, 0) is 12.8 Å². The predicted octanol–water partition coefficient (Wildman–Crippen LogP) is 2.96. The van der Waals surface area contributed by atoms with E-state index in [2.05, 4.69) is 9.97 Å². The largest absolute Gasteiger partial charge is 0.330 e. The molecule has 0 aliphatic heterocycles. The third-order valence-electron chi connectivity index (χ3n) is 4.22. The van der Waals surface area contributed by atoms with E-state index in [1.165, 1.54) is 17.7 Å². The number of aryl methyl sites for hydroxylation is 3. The minimum Gasteiger partial charge on any atom is -0.330 e. The monoisotopic (exact) mass is 285 g/mol. The van der Waals surface area contributed by atoms with Gasteiger partial charge in [-0.1, -0.05) is 0 Å². The Morgan fingerprint density at radius 1 is 1.24 bits per heavy atom. The fourth-order valence-corrected chi connectivity index (χ4v) is 3.06. The van der Waals surface area contributed by atoms with Crippen LogP contribution in [0.15, 0.2) is 18.2 Å². The van der Waals surface area contributed by atoms with Crippen LogP contribution in [0.25, 0.3) is 11.4 Å². The van der Waals surface area contributed by atoms with Crippen molar-refractivity contribution in [1.29, 1.82) is 0 Å². The number of halogens is 1. The van der Waals surface area contributed by atoms with E-state index in [1.54, 1.807) is 0 Å². The van der Waals surface area contributed by atoms with Gasteiger partial charge in [-0.2, -0.15) is 0 Å². The standard InChI is InChI=1S/C17H20FN3/c1-10-5-13(8-14(18)6-10)17-20-11(2)15-7-12(9-19)3-4-16(15)21-17/h5-6,8,12H,3-4,7,9,19H2,1-2H3. The highest BCUT2D eigenvalue weighted by molar-refractivity contribution is 5.57. The van der Waals surface area contributed by atoms with Crippen LogP contribution in [0, 0.1) is 25.6 Å². The van der Waals surface area contributed by atoms with Crippen LogP contribution in [0.3, 0.4) is 0 Å². The number of hydrogen-bond donors (Lipinski definition) is 1. The van der Waals surface area contributed by atoms with E-state index in [1.807, 2.05) is 19.9 Å². The maximum Gasteiger partial charge on any atom is 0.159 e. The molecule has 1 aliphatic carbocycles. The molecule has 110 valence electrons. The van der Waals surface area contributed by atoms with Gasteiger partial charge in [-0.3, -0.25) is 0 Å². The molecule has 4 heteroatoms. The zero-order valence-corrected chi connectivity index (χ0v) is 12.5. The van der Waals surface area contributed by atoms with Gasteiger partial charge in [0.05, 0.1) is 0 Å². The SMILES string of the molecule is Cc1cc(F)cc(-c2nc(C)c3c(n2)CCC(CN)C3)c1. The molecular formula is C17H20FN3. The molecule has 3 rings (SSSR count). The smallest absolute Gasteiger partial charge is 0.159 e. The van der Waals surface area contributed by atoms with Gasteiger partial charge in [0.1, 0.15) is 5.82 Å². The normalized spacial score (nSPS) is 17.6. The second kappa shape index (κ2) is 5.53. The van der Waals surface area contributed by atoms with E-state index in [9.17, 15) is 4.39 Å². The molecule has 1 unspecified atom stereocenters. The van der Waals surface area contributed by atoms with Crippen molar-refractivity contribution in [3.05, 3.63) is 46.5 Å². The van der Waals surface area contributed by atoms with Crippen molar-refractivity contribution in [2.24, 2.45) is 11.7 Å². The summed E-state index contributed by atoms with van der Waals surface area (Å²) in [6, 6.07) is 4.94. The molecule has 0 saturated carbocycles. The van der Waals surface area contributed by atoms with Crippen LogP contribution in [-0.4, -0.2) is 16.5 Å². The van der Waals surface area contributed by atoms with Gasteiger partial charge < -0.3 is 5.73 Å². The number of aromatic nitrogens is 2. The Morgan fingerprint density at radius 3 is 2.76 bits per heavy atom. The van der Waals surface area contributed by atoms with E-state index in [4.69, 9.17) is 5.73 Å². The van der Waals surface area contributed by atoms with Crippen molar-refractivity contribution in [2.75, 3.05) is 6.54 Å². The molecule has 1 aromatic heterocycles. The first kappa shape index (κ1) is 14.1. The second-order valence-electron chi connectivity index (χ2n) is 5.92. The minimum absolute atomic E-state index is 0.243. The molecule has 1 aromatic carbocycles.